The number of fused-ring (bicyclic) bond motifs is 1. The van der Waals surface area contributed by atoms with Gasteiger partial charge in [0.05, 0.1) is 17.0 Å². The fraction of sp³-hybridized carbons (Fsp3) is 0.844. The number of ether oxygens (including phenoxy) is 1. The molecule has 0 radical (unpaired) electrons. The molecule has 1 N–H and O–H groups in total. The van der Waals surface area contributed by atoms with E-state index in [2.05, 4.69) is 16.8 Å². The third-order valence-corrected chi connectivity index (χ3v) is 13.2. The minimum atomic E-state index is -1.31. The van der Waals surface area contributed by atoms with Crippen LogP contribution in [-0.4, -0.2) is 63.4 Å². The molecule has 0 aromatic carbocycles. The Morgan fingerprint density at radius 1 is 1.02 bits per heavy atom. The molecule has 4 aliphatic carbocycles. The molecule has 5 aliphatic rings. The normalized spacial score (nSPS) is 40.3. The highest BCUT2D eigenvalue weighted by molar-refractivity contribution is 8.15. The summed E-state index contributed by atoms with van der Waals surface area (Å²) in [6, 6.07) is 0.169. The van der Waals surface area contributed by atoms with Gasteiger partial charge in [0.25, 0.3) is 5.24 Å². The molecule has 3 saturated carbocycles. The first-order valence-electron chi connectivity index (χ1n) is 16.4. The first-order chi connectivity index (χ1) is 20.7. The lowest BCUT2D eigenvalue weighted by molar-refractivity contribution is -0.119. The Hall–Kier alpha value is -1.20. The lowest BCUT2D eigenvalue weighted by Crippen LogP contribution is -2.38. The number of thioether (sulfide) groups is 2. The number of carbonyl (C=O) groups excluding carboxylic acids is 2. The number of imidazole rings is 1. The van der Waals surface area contributed by atoms with Crippen LogP contribution in [-0.2, 0) is 16.0 Å². The maximum atomic E-state index is 15.5. The number of aromatic nitrogens is 2. The lowest BCUT2D eigenvalue weighted by atomic mass is 9.70. The molecule has 6 rings (SSSR count). The summed E-state index contributed by atoms with van der Waals surface area (Å²) in [5.74, 6) is 0.397. The molecule has 1 aromatic rings. The highest BCUT2D eigenvalue weighted by atomic mass is 32.2. The van der Waals surface area contributed by atoms with E-state index < -0.39 is 29.7 Å². The molecule has 1 saturated heterocycles. The van der Waals surface area contributed by atoms with Crippen LogP contribution in [0, 0.1) is 23.7 Å². The molecule has 2 amide bonds. The molecule has 7 unspecified atom stereocenters. The summed E-state index contributed by atoms with van der Waals surface area (Å²) in [6.07, 6.45) is 6.72. The number of rotatable bonds is 8. The molecule has 2 heterocycles. The number of nitrogens with one attached hydrogen (secondary N) is 1. The van der Waals surface area contributed by atoms with E-state index in [1.807, 2.05) is 7.11 Å². The number of halogens is 3. The maximum absolute atomic E-state index is 15.5. The zero-order chi connectivity index (χ0) is 30.2. The van der Waals surface area contributed by atoms with Gasteiger partial charge in [0.2, 0.25) is 5.91 Å². The molecule has 1 aliphatic heterocycles. The fourth-order valence-corrected chi connectivity index (χ4v) is 10.9. The van der Waals surface area contributed by atoms with E-state index in [0.717, 1.165) is 67.6 Å². The third kappa shape index (κ3) is 6.83. The molecule has 1 aromatic heterocycles. The van der Waals surface area contributed by atoms with E-state index in [0.29, 0.717) is 42.8 Å². The summed E-state index contributed by atoms with van der Waals surface area (Å²) < 4.78 is 53.6. The summed E-state index contributed by atoms with van der Waals surface area (Å²) >= 11 is 2.41. The van der Waals surface area contributed by atoms with Gasteiger partial charge in [-0.2, -0.15) is 0 Å². The van der Waals surface area contributed by atoms with Gasteiger partial charge in [0.1, 0.15) is 18.5 Å². The quantitative estimate of drug-likeness (QED) is 0.293. The average molecular weight is 642 g/mol. The minimum absolute atomic E-state index is 0.169. The monoisotopic (exact) mass is 641 g/mol. The Kier molecular flexibility index (Phi) is 10.1. The number of hydrogen-bond acceptors (Lipinski definition) is 6. The Bertz CT molecular complexity index is 1150. The largest absolute Gasteiger partial charge is 0.381 e. The number of methoxy groups -OCH3 is 1. The fourth-order valence-electron chi connectivity index (χ4n) is 8.62. The highest BCUT2D eigenvalue weighted by Gasteiger charge is 2.43. The number of amides is 2. The van der Waals surface area contributed by atoms with Crippen LogP contribution in [0.4, 0.5) is 18.0 Å². The van der Waals surface area contributed by atoms with E-state index in [9.17, 15) is 14.0 Å². The summed E-state index contributed by atoms with van der Waals surface area (Å²) in [5, 5.41) is 2.18. The van der Waals surface area contributed by atoms with Gasteiger partial charge in [0, 0.05) is 36.4 Å². The molecule has 7 atom stereocenters. The number of alkyl halides is 3. The van der Waals surface area contributed by atoms with Crippen molar-refractivity contribution in [2.75, 3.05) is 12.9 Å². The molecule has 11 heteroatoms. The van der Waals surface area contributed by atoms with Gasteiger partial charge in [-0.1, -0.05) is 30.4 Å². The van der Waals surface area contributed by atoms with Crippen molar-refractivity contribution in [1.82, 2.24) is 14.9 Å². The second kappa shape index (κ2) is 13.7. The minimum Gasteiger partial charge on any atom is -0.381 e. The van der Waals surface area contributed by atoms with Crippen LogP contribution in [0.1, 0.15) is 107 Å². The van der Waals surface area contributed by atoms with Gasteiger partial charge < -0.3 is 9.30 Å². The van der Waals surface area contributed by atoms with Gasteiger partial charge in [0.15, 0.2) is 5.16 Å². The van der Waals surface area contributed by atoms with Crippen LogP contribution >= 0.6 is 23.5 Å². The van der Waals surface area contributed by atoms with E-state index in [-0.39, 0.29) is 42.1 Å². The Morgan fingerprint density at radius 2 is 1.77 bits per heavy atom. The van der Waals surface area contributed by atoms with Crippen molar-refractivity contribution in [2.45, 2.75) is 137 Å². The van der Waals surface area contributed by atoms with Crippen LogP contribution in [0.3, 0.4) is 0 Å². The summed E-state index contributed by atoms with van der Waals surface area (Å²) in [5.41, 5.74) is 2.44. The van der Waals surface area contributed by atoms with Gasteiger partial charge >= 0.3 is 0 Å². The van der Waals surface area contributed by atoms with Crippen LogP contribution in [0.25, 0.3) is 0 Å². The molecule has 6 nitrogen and oxygen atoms in total. The van der Waals surface area contributed by atoms with Gasteiger partial charge in [-0.3, -0.25) is 14.9 Å². The van der Waals surface area contributed by atoms with E-state index in [4.69, 9.17) is 9.72 Å². The van der Waals surface area contributed by atoms with Crippen LogP contribution in [0.15, 0.2) is 5.16 Å². The molecule has 240 valence electrons. The molecule has 43 heavy (non-hydrogen) atoms. The predicted octanol–water partition coefficient (Wildman–Crippen LogP) is 7.74. The Balaban J connectivity index is 1.19. The maximum Gasteiger partial charge on any atom is 0.286 e. The smallest absolute Gasteiger partial charge is 0.286 e. The highest BCUT2D eigenvalue weighted by Crippen LogP contribution is 2.49. The predicted molar refractivity (Wildman–Crippen MR) is 164 cm³/mol. The number of nitrogens with zero attached hydrogens (tertiary/aromatic N) is 2. The van der Waals surface area contributed by atoms with Crippen molar-refractivity contribution in [1.29, 1.82) is 0 Å². The molecular weight excluding hydrogens is 595 g/mol. The third-order valence-electron chi connectivity index (χ3n) is 11.1. The molecule has 0 bridgehead atoms. The van der Waals surface area contributed by atoms with Crippen molar-refractivity contribution >= 4 is 34.7 Å². The van der Waals surface area contributed by atoms with Gasteiger partial charge in [-0.05, 0) is 101 Å². The lowest BCUT2D eigenvalue weighted by Gasteiger charge is -2.40. The second-order valence-electron chi connectivity index (χ2n) is 13.8. The second-order valence-corrected chi connectivity index (χ2v) is 16.0. The van der Waals surface area contributed by atoms with Crippen LogP contribution in [0.2, 0.25) is 0 Å². The number of imide groups is 1. The molecular formula is C32H46F3N3O3S2. The first kappa shape index (κ1) is 31.8. The van der Waals surface area contributed by atoms with Crippen LogP contribution in [0.5, 0.6) is 0 Å². The number of carbonyl (C=O) groups is 2. The summed E-state index contributed by atoms with van der Waals surface area (Å²) in [6.45, 7) is 2.28. The van der Waals surface area contributed by atoms with E-state index in [1.54, 1.807) is 0 Å². The standard InChI is InChI=1S/C32H46F3N3O3S2/c1-17-6-7-19(15-27(17)41-2)22-4-3-5-26-29(22)38(21-10-8-20(33)9-11-21)31(36-26)42-16-23-24(34)12-18(13-25(23)35)14-28-30(39)37-32(40)43-28/h17-25,27-28H,3-16H2,1-2H3,(H,37,39,40). The van der Waals surface area contributed by atoms with Crippen molar-refractivity contribution in [3.8, 4) is 0 Å². The van der Waals surface area contributed by atoms with E-state index in [1.165, 1.54) is 23.9 Å². The zero-order valence-electron chi connectivity index (χ0n) is 25.3. The summed E-state index contributed by atoms with van der Waals surface area (Å²) in [7, 11) is 1.82. The topological polar surface area (TPSA) is 73.2 Å². The Morgan fingerprint density at radius 3 is 2.44 bits per heavy atom. The van der Waals surface area contributed by atoms with Crippen molar-refractivity contribution < 1.29 is 27.5 Å². The number of hydrogen-bond donors (Lipinski definition) is 1. The molecule has 4 fully saturated rings. The van der Waals surface area contributed by atoms with Crippen molar-refractivity contribution in [3.05, 3.63) is 11.4 Å². The zero-order valence-corrected chi connectivity index (χ0v) is 27.0. The molecule has 0 spiro atoms. The average Bonchev–Trinajstić information content (AvgIpc) is 3.51. The van der Waals surface area contributed by atoms with E-state index >= 15 is 8.78 Å². The van der Waals surface area contributed by atoms with Crippen molar-refractivity contribution in [2.24, 2.45) is 23.7 Å². The summed E-state index contributed by atoms with van der Waals surface area (Å²) in [4.78, 5) is 28.7. The van der Waals surface area contributed by atoms with Crippen LogP contribution < -0.4 is 5.32 Å². The van der Waals surface area contributed by atoms with Crippen molar-refractivity contribution in [3.63, 3.8) is 0 Å². The van der Waals surface area contributed by atoms with Gasteiger partial charge in [-0.25, -0.2) is 18.2 Å². The van der Waals surface area contributed by atoms with Gasteiger partial charge in [-0.15, -0.1) is 0 Å². The SMILES string of the molecule is COC1CC(C2CCCc3nc(SCC4C(F)CC(CC5SC(=O)NC5=O)CC4F)n(C4CCC(F)CC4)c32)CCC1C. The Labute approximate surface area is 261 Å². The first-order valence-corrected chi connectivity index (χ1v) is 18.3. The number of aryl methyl sites for hydroxylation is 1.